The Morgan fingerprint density at radius 3 is 2.57 bits per heavy atom. The van der Waals surface area contributed by atoms with Crippen molar-refractivity contribution >= 4 is 5.91 Å². The van der Waals surface area contributed by atoms with Gasteiger partial charge in [-0.25, -0.2) is 0 Å². The van der Waals surface area contributed by atoms with Crippen molar-refractivity contribution in [2.24, 2.45) is 0 Å². The van der Waals surface area contributed by atoms with Crippen LogP contribution in [-0.4, -0.2) is 41.2 Å². The van der Waals surface area contributed by atoms with E-state index in [0.717, 1.165) is 31.6 Å². The molecule has 1 amide bonds. The summed E-state index contributed by atoms with van der Waals surface area (Å²) in [6, 6.07) is 10.2. The summed E-state index contributed by atoms with van der Waals surface area (Å²) in [6.45, 7) is 1.91. The minimum Gasteiger partial charge on any atom is -0.378 e. The number of rotatable bonds is 3. The zero-order chi connectivity index (χ0) is 14.7. The van der Waals surface area contributed by atoms with E-state index in [0.29, 0.717) is 12.3 Å². The standard InChI is InChI=1S/C16H19N3O2/c1-21-11-14-10-15(18-17-14)16(20)19-8-6-12-4-2-3-5-13(12)7-9-19/h2-5,10H,6-9,11H2,1H3,(H,17,18). The van der Waals surface area contributed by atoms with Crippen molar-refractivity contribution < 1.29 is 9.53 Å². The number of fused-ring (bicyclic) bond motifs is 1. The molecule has 21 heavy (non-hydrogen) atoms. The number of hydrogen-bond acceptors (Lipinski definition) is 3. The molecule has 0 fully saturated rings. The van der Waals surface area contributed by atoms with Crippen molar-refractivity contribution in [2.45, 2.75) is 19.4 Å². The fourth-order valence-electron chi connectivity index (χ4n) is 2.73. The summed E-state index contributed by atoms with van der Waals surface area (Å²) in [4.78, 5) is 14.4. The van der Waals surface area contributed by atoms with E-state index >= 15 is 0 Å². The molecule has 0 saturated carbocycles. The van der Waals surface area contributed by atoms with Gasteiger partial charge in [0.25, 0.3) is 5.91 Å². The Bertz CT molecular complexity index is 609. The maximum atomic E-state index is 12.5. The zero-order valence-corrected chi connectivity index (χ0v) is 12.1. The number of nitrogens with zero attached hydrogens (tertiary/aromatic N) is 2. The number of aromatic nitrogens is 2. The van der Waals surface area contributed by atoms with Gasteiger partial charge in [0.05, 0.1) is 12.3 Å². The largest absolute Gasteiger partial charge is 0.378 e. The Hall–Kier alpha value is -2.14. The Balaban J connectivity index is 1.71. The molecule has 5 heteroatoms. The predicted octanol–water partition coefficient (Wildman–Crippen LogP) is 1.80. The lowest BCUT2D eigenvalue weighted by molar-refractivity contribution is 0.0757. The van der Waals surface area contributed by atoms with Crippen LogP contribution in [0.15, 0.2) is 30.3 Å². The van der Waals surface area contributed by atoms with Crippen molar-refractivity contribution in [3.8, 4) is 0 Å². The molecule has 0 bridgehead atoms. The van der Waals surface area contributed by atoms with Gasteiger partial charge in [-0.2, -0.15) is 5.10 Å². The molecule has 0 saturated heterocycles. The summed E-state index contributed by atoms with van der Waals surface area (Å²) >= 11 is 0. The molecule has 0 atom stereocenters. The van der Waals surface area contributed by atoms with Gasteiger partial charge >= 0.3 is 0 Å². The summed E-state index contributed by atoms with van der Waals surface area (Å²) in [7, 11) is 1.62. The molecular weight excluding hydrogens is 266 g/mol. The van der Waals surface area contributed by atoms with Crippen molar-refractivity contribution in [1.82, 2.24) is 15.1 Å². The number of carbonyl (C=O) groups excluding carboxylic acids is 1. The highest BCUT2D eigenvalue weighted by Crippen LogP contribution is 2.17. The molecule has 110 valence electrons. The summed E-state index contributed by atoms with van der Waals surface area (Å²) < 4.78 is 5.03. The normalized spacial score (nSPS) is 14.6. The molecule has 0 unspecified atom stereocenters. The van der Waals surface area contributed by atoms with E-state index in [9.17, 15) is 4.79 Å². The molecule has 5 nitrogen and oxygen atoms in total. The Morgan fingerprint density at radius 2 is 1.95 bits per heavy atom. The first kappa shape index (κ1) is 13.8. The van der Waals surface area contributed by atoms with Crippen molar-refractivity contribution in [3.05, 3.63) is 52.8 Å². The minimum atomic E-state index is -0.0126. The number of ether oxygens (including phenoxy) is 1. The molecule has 0 radical (unpaired) electrons. The van der Waals surface area contributed by atoms with Crippen LogP contribution in [0.2, 0.25) is 0 Å². The van der Waals surface area contributed by atoms with Crippen molar-refractivity contribution in [2.75, 3.05) is 20.2 Å². The van der Waals surface area contributed by atoms with Crippen LogP contribution in [0.25, 0.3) is 0 Å². The van der Waals surface area contributed by atoms with Crippen LogP contribution in [0.4, 0.5) is 0 Å². The van der Waals surface area contributed by atoms with Crippen LogP contribution in [-0.2, 0) is 24.2 Å². The minimum absolute atomic E-state index is 0.0126. The average Bonchev–Trinajstić information content (AvgIpc) is 2.86. The topological polar surface area (TPSA) is 58.2 Å². The quantitative estimate of drug-likeness (QED) is 0.935. The first-order chi connectivity index (χ1) is 10.3. The van der Waals surface area contributed by atoms with Crippen LogP contribution in [0, 0.1) is 0 Å². The highest BCUT2D eigenvalue weighted by atomic mass is 16.5. The van der Waals surface area contributed by atoms with Gasteiger partial charge in [0.1, 0.15) is 5.69 Å². The van der Waals surface area contributed by atoms with Gasteiger partial charge in [-0.05, 0) is 30.0 Å². The van der Waals surface area contributed by atoms with E-state index < -0.39 is 0 Å². The van der Waals surface area contributed by atoms with E-state index in [1.807, 2.05) is 4.90 Å². The molecule has 1 aliphatic heterocycles. The van der Waals surface area contributed by atoms with Gasteiger partial charge in [-0.15, -0.1) is 0 Å². The highest BCUT2D eigenvalue weighted by Gasteiger charge is 2.21. The second-order valence-corrected chi connectivity index (χ2v) is 5.27. The van der Waals surface area contributed by atoms with E-state index in [1.54, 1.807) is 13.2 Å². The second kappa shape index (κ2) is 6.10. The predicted molar refractivity (Wildman–Crippen MR) is 79.1 cm³/mol. The number of hydrogen-bond donors (Lipinski definition) is 1. The molecule has 2 heterocycles. The number of H-pyrrole nitrogens is 1. The maximum absolute atomic E-state index is 12.5. The highest BCUT2D eigenvalue weighted by molar-refractivity contribution is 5.92. The van der Waals surface area contributed by atoms with Crippen LogP contribution < -0.4 is 0 Å². The van der Waals surface area contributed by atoms with E-state index in [4.69, 9.17) is 4.74 Å². The summed E-state index contributed by atoms with van der Waals surface area (Å²) in [5, 5.41) is 6.93. The number of aromatic amines is 1. The average molecular weight is 285 g/mol. The Morgan fingerprint density at radius 1 is 1.29 bits per heavy atom. The number of nitrogens with one attached hydrogen (secondary N) is 1. The molecule has 1 aromatic heterocycles. The first-order valence-electron chi connectivity index (χ1n) is 7.17. The SMILES string of the molecule is COCc1cc(C(=O)N2CCc3ccccc3CC2)n[nH]1. The van der Waals surface area contributed by atoms with Crippen LogP contribution in [0.1, 0.15) is 27.3 Å². The number of benzene rings is 1. The first-order valence-corrected chi connectivity index (χ1v) is 7.17. The van der Waals surface area contributed by atoms with Gasteiger partial charge in [0, 0.05) is 20.2 Å². The molecule has 1 aromatic carbocycles. The molecule has 3 rings (SSSR count). The van der Waals surface area contributed by atoms with Crippen molar-refractivity contribution in [1.29, 1.82) is 0 Å². The van der Waals surface area contributed by atoms with E-state index in [1.165, 1.54) is 11.1 Å². The number of methoxy groups -OCH3 is 1. The molecule has 0 spiro atoms. The van der Waals surface area contributed by atoms with Crippen LogP contribution in [0.5, 0.6) is 0 Å². The summed E-state index contributed by atoms with van der Waals surface area (Å²) in [5.74, 6) is -0.0126. The van der Waals surface area contributed by atoms with Gasteiger partial charge in [-0.3, -0.25) is 9.89 Å². The third kappa shape index (κ3) is 2.97. The maximum Gasteiger partial charge on any atom is 0.274 e. The third-order valence-electron chi connectivity index (χ3n) is 3.86. The Kier molecular flexibility index (Phi) is 4.01. The van der Waals surface area contributed by atoms with Gasteiger partial charge in [-0.1, -0.05) is 24.3 Å². The van der Waals surface area contributed by atoms with Crippen LogP contribution in [0.3, 0.4) is 0 Å². The molecule has 1 N–H and O–H groups in total. The molecule has 1 aliphatic rings. The van der Waals surface area contributed by atoms with E-state index in [2.05, 4.69) is 34.5 Å². The van der Waals surface area contributed by atoms with Gasteiger partial charge < -0.3 is 9.64 Å². The zero-order valence-electron chi connectivity index (χ0n) is 12.1. The number of amides is 1. The third-order valence-corrected chi connectivity index (χ3v) is 3.86. The number of carbonyl (C=O) groups is 1. The second-order valence-electron chi connectivity index (χ2n) is 5.27. The fourth-order valence-corrected chi connectivity index (χ4v) is 2.73. The summed E-state index contributed by atoms with van der Waals surface area (Å²) in [6.07, 6.45) is 1.80. The van der Waals surface area contributed by atoms with Gasteiger partial charge in [0.15, 0.2) is 0 Å². The lowest BCUT2D eigenvalue weighted by Crippen LogP contribution is -2.33. The molecule has 0 aliphatic carbocycles. The van der Waals surface area contributed by atoms with Crippen LogP contribution >= 0.6 is 0 Å². The van der Waals surface area contributed by atoms with Crippen molar-refractivity contribution in [3.63, 3.8) is 0 Å². The van der Waals surface area contributed by atoms with E-state index in [-0.39, 0.29) is 5.91 Å². The monoisotopic (exact) mass is 285 g/mol. The molecule has 2 aromatic rings. The summed E-state index contributed by atoms with van der Waals surface area (Å²) in [5.41, 5.74) is 3.97. The molecular formula is C16H19N3O2. The smallest absolute Gasteiger partial charge is 0.274 e. The lowest BCUT2D eigenvalue weighted by Gasteiger charge is -2.18. The fraction of sp³-hybridized carbons (Fsp3) is 0.375. The van der Waals surface area contributed by atoms with Gasteiger partial charge in [0.2, 0.25) is 0 Å². The Labute approximate surface area is 123 Å². The lowest BCUT2D eigenvalue weighted by atomic mass is 10.0.